The Labute approximate surface area is 127 Å². The molecule has 1 fully saturated rings. The van der Waals surface area contributed by atoms with E-state index in [1.54, 1.807) is 11.8 Å². The fourth-order valence-corrected chi connectivity index (χ4v) is 4.12. The number of thiophene rings is 1. The van der Waals surface area contributed by atoms with Gasteiger partial charge in [-0.2, -0.15) is 0 Å². The molecule has 1 aromatic heterocycles. The molecule has 0 aliphatic heterocycles. The van der Waals surface area contributed by atoms with Crippen molar-refractivity contribution in [2.24, 2.45) is 0 Å². The smallest absolute Gasteiger partial charge is 0.345 e. The molecule has 0 bridgehead atoms. The molecule has 2 rings (SSSR count). The summed E-state index contributed by atoms with van der Waals surface area (Å²) in [4.78, 5) is 25.4. The van der Waals surface area contributed by atoms with Gasteiger partial charge in [-0.3, -0.25) is 4.79 Å². The summed E-state index contributed by atoms with van der Waals surface area (Å²) >= 11 is 0.918. The quantitative estimate of drug-likeness (QED) is 0.852. The minimum atomic E-state index is -3.18. The number of rotatable bonds is 6. The van der Waals surface area contributed by atoms with Gasteiger partial charge >= 0.3 is 5.97 Å². The van der Waals surface area contributed by atoms with E-state index in [-0.39, 0.29) is 22.6 Å². The van der Waals surface area contributed by atoms with Gasteiger partial charge in [-0.05, 0) is 31.9 Å². The summed E-state index contributed by atoms with van der Waals surface area (Å²) in [6.45, 7) is 1.71. The van der Waals surface area contributed by atoms with E-state index in [1.165, 1.54) is 12.1 Å². The van der Waals surface area contributed by atoms with E-state index in [4.69, 9.17) is 5.11 Å². The van der Waals surface area contributed by atoms with Crippen molar-refractivity contribution in [1.82, 2.24) is 4.90 Å². The first kappa shape index (κ1) is 16.0. The van der Waals surface area contributed by atoms with Gasteiger partial charge in [0.15, 0.2) is 0 Å². The van der Waals surface area contributed by atoms with Crippen LogP contribution in [-0.2, 0) is 9.84 Å². The minimum absolute atomic E-state index is 0.0598. The van der Waals surface area contributed by atoms with Crippen LogP contribution in [0.25, 0.3) is 0 Å². The average molecular weight is 331 g/mol. The Balaban J connectivity index is 2.21. The fourth-order valence-electron chi connectivity index (χ4n) is 2.29. The average Bonchev–Trinajstić information content (AvgIpc) is 3.02. The number of carbonyl (C=O) groups excluding carboxylic acids is 1. The van der Waals surface area contributed by atoms with Crippen LogP contribution >= 0.6 is 11.3 Å². The zero-order valence-electron chi connectivity index (χ0n) is 11.8. The largest absolute Gasteiger partial charge is 0.477 e. The number of carbonyl (C=O) groups is 2. The van der Waals surface area contributed by atoms with Gasteiger partial charge in [0, 0.05) is 18.3 Å². The number of carboxylic acid groups (broad SMARTS) is 1. The molecule has 1 amide bonds. The van der Waals surface area contributed by atoms with E-state index in [9.17, 15) is 18.0 Å². The number of amides is 1. The third-order valence-electron chi connectivity index (χ3n) is 3.22. The van der Waals surface area contributed by atoms with Crippen molar-refractivity contribution < 1.29 is 23.1 Å². The predicted molar refractivity (Wildman–Crippen MR) is 79.6 cm³/mol. The van der Waals surface area contributed by atoms with Crippen LogP contribution in [0.5, 0.6) is 0 Å². The van der Waals surface area contributed by atoms with E-state index in [1.807, 2.05) is 0 Å². The number of aromatic carboxylic acids is 1. The van der Waals surface area contributed by atoms with Gasteiger partial charge in [0.2, 0.25) is 0 Å². The van der Waals surface area contributed by atoms with E-state index < -0.39 is 21.8 Å². The molecule has 1 aromatic rings. The molecule has 1 N–H and O–H groups in total. The molecule has 6 nitrogen and oxygen atoms in total. The maximum atomic E-state index is 12.5. The highest BCUT2D eigenvalue weighted by Crippen LogP contribution is 2.32. The summed E-state index contributed by atoms with van der Waals surface area (Å²) in [5.41, 5.74) is 0. The van der Waals surface area contributed by atoms with Crippen LogP contribution in [-0.4, -0.2) is 54.4 Å². The zero-order chi connectivity index (χ0) is 15.8. The van der Waals surface area contributed by atoms with E-state index in [2.05, 4.69) is 0 Å². The fraction of sp³-hybridized carbons (Fsp3) is 0.538. The summed E-state index contributed by atoms with van der Waals surface area (Å²) in [6.07, 6.45) is 2.86. The van der Waals surface area contributed by atoms with Crippen LogP contribution in [0.1, 0.15) is 39.1 Å². The van der Waals surface area contributed by atoms with Gasteiger partial charge < -0.3 is 10.0 Å². The molecule has 1 aliphatic rings. The molecule has 116 valence electrons. The van der Waals surface area contributed by atoms with Gasteiger partial charge in [0.25, 0.3) is 5.91 Å². The van der Waals surface area contributed by atoms with E-state index in [0.29, 0.717) is 4.88 Å². The first-order valence-corrected chi connectivity index (χ1v) is 9.40. The summed E-state index contributed by atoms with van der Waals surface area (Å²) in [5, 5.41) is 8.91. The van der Waals surface area contributed by atoms with Crippen LogP contribution in [0.2, 0.25) is 0 Å². The van der Waals surface area contributed by atoms with Crippen LogP contribution in [0, 0.1) is 0 Å². The monoisotopic (exact) mass is 331 g/mol. The zero-order valence-corrected chi connectivity index (χ0v) is 13.4. The molecule has 1 unspecified atom stereocenters. The van der Waals surface area contributed by atoms with Gasteiger partial charge in [0.05, 0.1) is 10.6 Å². The normalized spacial score (nSPS) is 16.5. The van der Waals surface area contributed by atoms with E-state index >= 15 is 0 Å². The second kappa shape index (κ2) is 5.76. The molecule has 1 atom stereocenters. The van der Waals surface area contributed by atoms with Gasteiger partial charge in [0.1, 0.15) is 14.7 Å². The lowest BCUT2D eigenvalue weighted by Crippen LogP contribution is -2.43. The molecule has 1 saturated carbocycles. The summed E-state index contributed by atoms with van der Waals surface area (Å²) < 4.78 is 22.9. The third kappa shape index (κ3) is 4.04. The SMILES string of the molecule is CC(CS(C)(=O)=O)N(C(=O)c1ccc(C(=O)O)s1)C1CC1. The summed E-state index contributed by atoms with van der Waals surface area (Å²) in [5.74, 6) is -1.45. The second-order valence-electron chi connectivity index (χ2n) is 5.35. The van der Waals surface area contributed by atoms with Crippen LogP contribution < -0.4 is 0 Å². The van der Waals surface area contributed by atoms with E-state index in [0.717, 1.165) is 30.4 Å². The number of sulfone groups is 1. The Morgan fingerprint density at radius 3 is 2.38 bits per heavy atom. The Hall–Kier alpha value is -1.41. The molecule has 0 aromatic carbocycles. The number of hydrogen-bond acceptors (Lipinski definition) is 5. The molecule has 8 heteroatoms. The molecule has 1 aliphatic carbocycles. The third-order valence-corrected chi connectivity index (χ3v) is 5.37. The summed E-state index contributed by atoms with van der Waals surface area (Å²) in [7, 11) is -3.18. The van der Waals surface area contributed by atoms with Crippen molar-refractivity contribution in [3.63, 3.8) is 0 Å². The summed E-state index contributed by atoms with van der Waals surface area (Å²) in [6, 6.07) is 2.52. The molecule has 21 heavy (non-hydrogen) atoms. The lowest BCUT2D eigenvalue weighted by molar-refractivity contribution is 0.0691. The first-order valence-electron chi connectivity index (χ1n) is 6.52. The molecule has 0 radical (unpaired) electrons. The molecular weight excluding hydrogens is 314 g/mol. The first-order chi connectivity index (χ1) is 9.69. The highest BCUT2D eigenvalue weighted by atomic mass is 32.2. The van der Waals surface area contributed by atoms with Crippen molar-refractivity contribution in [2.45, 2.75) is 31.8 Å². The standard InChI is InChI=1S/C13H17NO5S2/c1-8(7-21(2,18)19)14(9-3-4-9)12(15)10-5-6-11(20-10)13(16)17/h5-6,8-9H,3-4,7H2,1-2H3,(H,16,17). The van der Waals surface area contributed by atoms with Crippen molar-refractivity contribution >= 4 is 33.1 Å². The lowest BCUT2D eigenvalue weighted by atomic mass is 10.2. The highest BCUT2D eigenvalue weighted by molar-refractivity contribution is 7.90. The predicted octanol–water partition coefficient (Wildman–Crippen LogP) is 1.48. The molecule has 0 saturated heterocycles. The number of carboxylic acids is 1. The van der Waals surface area contributed by atoms with Gasteiger partial charge in [-0.25, -0.2) is 13.2 Å². The van der Waals surface area contributed by atoms with Gasteiger partial charge in [-0.15, -0.1) is 11.3 Å². The number of hydrogen-bond donors (Lipinski definition) is 1. The van der Waals surface area contributed by atoms with Crippen LogP contribution in [0.3, 0.4) is 0 Å². The number of nitrogens with zero attached hydrogens (tertiary/aromatic N) is 1. The lowest BCUT2D eigenvalue weighted by Gasteiger charge is -2.28. The van der Waals surface area contributed by atoms with Crippen molar-refractivity contribution in [1.29, 1.82) is 0 Å². The van der Waals surface area contributed by atoms with Crippen LogP contribution in [0.4, 0.5) is 0 Å². The molecular formula is C13H17NO5S2. The molecule has 0 spiro atoms. The van der Waals surface area contributed by atoms with Crippen molar-refractivity contribution in [3.8, 4) is 0 Å². The van der Waals surface area contributed by atoms with Crippen molar-refractivity contribution in [3.05, 3.63) is 21.9 Å². The van der Waals surface area contributed by atoms with Gasteiger partial charge in [-0.1, -0.05) is 0 Å². The molecule has 1 heterocycles. The van der Waals surface area contributed by atoms with Crippen molar-refractivity contribution in [2.75, 3.05) is 12.0 Å². The Morgan fingerprint density at radius 1 is 1.38 bits per heavy atom. The minimum Gasteiger partial charge on any atom is -0.477 e. The highest BCUT2D eigenvalue weighted by Gasteiger charge is 2.37. The topological polar surface area (TPSA) is 91.8 Å². The maximum absolute atomic E-state index is 12.5. The Morgan fingerprint density at radius 2 is 1.95 bits per heavy atom. The maximum Gasteiger partial charge on any atom is 0.345 e. The second-order valence-corrected chi connectivity index (χ2v) is 8.62. The Kier molecular flexibility index (Phi) is 4.38. The van der Waals surface area contributed by atoms with Crippen LogP contribution in [0.15, 0.2) is 12.1 Å². The Bertz CT molecular complexity index is 660.